The zero-order chi connectivity index (χ0) is 57.7. The highest BCUT2D eigenvalue weighted by atomic mass is 16.3. The van der Waals surface area contributed by atoms with Crippen molar-refractivity contribution < 1.29 is 8.83 Å². The molecule has 0 unspecified atom stereocenters. The third-order valence-electron chi connectivity index (χ3n) is 18.9. The molecule has 0 amide bonds. The van der Waals surface area contributed by atoms with E-state index in [0.717, 1.165) is 90.8 Å². The first-order valence-electron chi connectivity index (χ1n) is 30.4. The lowest BCUT2D eigenvalue weighted by atomic mass is 9.68. The molecule has 0 aliphatic heterocycles. The standard InChI is InChI=1S/C81H66N2O2/c1-9-49-21-17-27-63-65-29-19-31-71(77(65)84-75(49)63)82(55-23-13-11-14-24-55)57-37-41-59-51(45-57)33-39-61-62-40-34-52-46-58(83(56-25-15-12-16-26-56)72-32-20-30-66-64-28-18-22-50(10-2)76(64)85-78(66)72)38-42-60(52)74(62)81(73(59)61)69-43-35-53(79(3,4)5)47-67(69)68-48-54(80(6,7)8)36-44-70(68)81/h11-48H,9-10H2,1-8H3. The van der Waals surface area contributed by atoms with Crippen LogP contribution in [0.25, 0.3) is 87.7 Å². The Balaban J connectivity index is 0.953. The smallest absolute Gasteiger partial charge is 0.159 e. The molecule has 16 rings (SSSR count). The topological polar surface area (TPSA) is 32.8 Å². The van der Waals surface area contributed by atoms with Crippen molar-refractivity contribution in [3.63, 3.8) is 0 Å². The van der Waals surface area contributed by atoms with Crippen molar-refractivity contribution in [1.29, 1.82) is 0 Å². The van der Waals surface area contributed by atoms with Gasteiger partial charge in [-0.15, -0.1) is 0 Å². The molecule has 2 aliphatic rings. The Morgan fingerprint density at radius 1 is 0.329 bits per heavy atom. The van der Waals surface area contributed by atoms with E-state index in [1.165, 1.54) is 88.3 Å². The minimum Gasteiger partial charge on any atom is -0.454 e. The Bertz CT molecular complexity index is 4750. The number of hydrogen-bond acceptors (Lipinski definition) is 4. The van der Waals surface area contributed by atoms with Gasteiger partial charge in [0.05, 0.1) is 16.8 Å². The van der Waals surface area contributed by atoms with Crippen LogP contribution in [-0.2, 0) is 29.1 Å². The molecule has 2 aromatic heterocycles. The van der Waals surface area contributed by atoms with E-state index in [1.54, 1.807) is 0 Å². The second-order valence-corrected chi connectivity index (χ2v) is 25.7. The molecule has 0 fully saturated rings. The SMILES string of the molecule is CCc1cccc2c1oc1c(N(c3ccccc3)c3ccc4c5c(ccc4c3)-c3ccc4cc(N(c6ccccc6)c6cccc7c6oc6c(CC)cccc67)ccc4c3C53c4ccc(C(C)(C)C)cc4-c4cc(C(C)(C)C)ccc43)cccc12. The Hall–Kier alpha value is -9.64. The summed E-state index contributed by atoms with van der Waals surface area (Å²) in [7, 11) is 0. The molecular weight excluding hydrogens is 1030 g/mol. The number of furan rings is 2. The van der Waals surface area contributed by atoms with E-state index in [9.17, 15) is 0 Å². The third kappa shape index (κ3) is 7.47. The van der Waals surface area contributed by atoms with E-state index in [-0.39, 0.29) is 10.8 Å². The van der Waals surface area contributed by atoms with E-state index in [4.69, 9.17) is 8.83 Å². The molecular formula is C81H66N2O2. The van der Waals surface area contributed by atoms with Crippen LogP contribution in [0, 0.1) is 0 Å². The zero-order valence-electron chi connectivity index (χ0n) is 49.6. The van der Waals surface area contributed by atoms with Crippen LogP contribution < -0.4 is 9.80 Å². The van der Waals surface area contributed by atoms with Gasteiger partial charge in [0.2, 0.25) is 0 Å². The minimum absolute atomic E-state index is 0.0600. The summed E-state index contributed by atoms with van der Waals surface area (Å²) in [6.07, 6.45) is 1.79. The van der Waals surface area contributed by atoms with Crippen LogP contribution in [0.2, 0.25) is 0 Å². The summed E-state index contributed by atoms with van der Waals surface area (Å²) in [6, 6.07) is 86.6. The van der Waals surface area contributed by atoms with Gasteiger partial charge in [0.15, 0.2) is 11.2 Å². The van der Waals surface area contributed by atoms with Gasteiger partial charge in [-0.1, -0.05) is 225 Å². The highest BCUT2D eigenvalue weighted by Gasteiger charge is 2.54. The fourth-order valence-corrected chi connectivity index (χ4v) is 14.7. The Morgan fingerprint density at radius 3 is 1.13 bits per heavy atom. The Labute approximate surface area is 497 Å². The molecule has 2 heterocycles. The molecule has 12 aromatic carbocycles. The van der Waals surface area contributed by atoms with Crippen molar-refractivity contribution in [2.45, 2.75) is 84.5 Å². The quantitative estimate of drug-likeness (QED) is 0.152. The van der Waals surface area contributed by atoms with Gasteiger partial charge in [0.25, 0.3) is 0 Å². The van der Waals surface area contributed by atoms with Crippen LogP contribution in [0.5, 0.6) is 0 Å². The largest absolute Gasteiger partial charge is 0.454 e. The van der Waals surface area contributed by atoms with Crippen LogP contribution in [0.4, 0.5) is 34.1 Å². The Morgan fingerprint density at radius 2 is 0.729 bits per heavy atom. The van der Waals surface area contributed by atoms with Gasteiger partial charge >= 0.3 is 0 Å². The van der Waals surface area contributed by atoms with Gasteiger partial charge in [0.1, 0.15) is 11.2 Å². The molecule has 0 atom stereocenters. The van der Waals surface area contributed by atoms with Gasteiger partial charge in [-0.3, -0.25) is 0 Å². The number of hydrogen-bond donors (Lipinski definition) is 0. The number of rotatable bonds is 8. The van der Waals surface area contributed by atoms with Gasteiger partial charge in [-0.2, -0.15) is 0 Å². The summed E-state index contributed by atoms with van der Waals surface area (Å²) in [4.78, 5) is 4.77. The molecule has 0 radical (unpaired) electrons. The fraction of sp³-hybridized carbons (Fsp3) is 0.160. The monoisotopic (exact) mass is 1100 g/mol. The van der Waals surface area contributed by atoms with E-state index >= 15 is 0 Å². The van der Waals surface area contributed by atoms with Crippen LogP contribution in [0.15, 0.2) is 239 Å². The molecule has 85 heavy (non-hydrogen) atoms. The normalized spacial score (nSPS) is 13.4. The predicted molar refractivity (Wildman–Crippen MR) is 358 cm³/mol. The lowest BCUT2D eigenvalue weighted by molar-refractivity contribution is 0.589. The minimum atomic E-state index is -0.670. The van der Waals surface area contributed by atoms with Gasteiger partial charge in [-0.05, 0) is 173 Å². The second-order valence-electron chi connectivity index (χ2n) is 25.7. The van der Waals surface area contributed by atoms with Crippen molar-refractivity contribution in [3.8, 4) is 22.3 Å². The van der Waals surface area contributed by atoms with E-state index in [2.05, 4.69) is 296 Å². The van der Waals surface area contributed by atoms with Crippen LogP contribution in [0.3, 0.4) is 0 Å². The summed E-state index contributed by atoms with van der Waals surface area (Å²) >= 11 is 0. The summed E-state index contributed by atoms with van der Waals surface area (Å²) in [6.45, 7) is 18.5. The molecule has 2 aliphatic carbocycles. The second kappa shape index (κ2) is 18.7. The van der Waals surface area contributed by atoms with Gasteiger partial charge in [0, 0.05) is 44.3 Å². The van der Waals surface area contributed by atoms with Crippen molar-refractivity contribution >= 4 is 99.5 Å². The number of aryl methyl sites for hydroxylation is 2. The predicted octanol–water partition coefficient (Wildman–Crippen LogP) is 22.8. The number of benzene rings is 12. The highest BCUT2D eigenvalue weighted by molar-refractivity contribution is 6.14. The van der Waals surface area contributed by atoms with Gasteiger partial charge < -0.3 is 18.6 Å². The maximum Gasteiger partial charge on any atom is 0.159 e. The van der Waals surface area contributed by atoms with Crippen LogP contribution in [0.1, 0.15) is 99.9 Å². The first-order chi connectivity index (χ1) is 41.3. The van der Waals surface area contributed by atoms with Crippen molar-refractivity contribution in [2.75, 3.05) is 9.80 Å². The summed E-state index contributed by atoms with van der Waals surface area (Å²) < 4.78 is 14.0. The van der Waals surface area contributed by atoms with E-state index in [1.807, 2.05) is 0 Å². The first kappa shape index (κ1) is 51.0. The maximum atomic E-state index is 6.99. The maximum absolute atomic E-state index is 6.99. The van der Waals surface area contributed by atoms with Crippen LogP contribution in [-0.4, -0.2) is 0 Å². The molecule has 0 saturated carbocycles. The zero-order valence-corrected chi connectivity index (χ0v) is 49.6. The third-order valence-corrected chi connectivity index (χ3v) is 18.9. The number of anilines is 6. The van der Waals surface area contributed by atoms with Crippen molar-refractivity contribution in [2.24, 2.45) is 0 Å². The molecule has 0 N–H and O–H groups in total. The number of fused-ring (bicyclic) bond motifs is 20. The fourth-order valence-electron chi connectivity index (χ4n) is 14.7. The summed E-state index contributed by atoms with van der Waals surface area (Å²) in [5.41, 5.74) is 24.8. The molecule has 4 heteroatoms. The first-order valence-corrected chi connectivity index (χ1v) is 30.4. The summed E-state index contributed by atoms with van der Waals surface area (Å²) in [5, 5.41) is 9.36. The average Bonchev–Trinajstić information content (AvgIpc) is 1.60. The van der Waals surface area contributed by atoms with E-state index < -0.39 is 5.41 Å². The van der Waals surface area contributed by atoms with Crippen LogP contribution >= 0.6 is 0 Å². The lowest BCUT2D eigenvalue weighted by Gasteiger charge is -2.33. The molecule has 0 bridgehead atoms. The molecule has 4 nitrogen and oxygen atoms in total. The Kier molecular flexibility index (Phi) is 11.2. The number of para-hydroxylation sites is 6. The number of nitrogens with zero attached hydrogens (tertiary/aromatic N) is 2. The molecule has 0 saturated heterocycles. The molecule has 412 valence electrons. The van der Waals surface area contributed by atoms with Crippen molar-refractivity contribution in [3.05, 3.63) is 275 Å². The highest BCUT2D eigenvalue weighted by Crippen LogP contribution is 2.66. The molecule has 14 aromatic rings. The summed E-state index contributed by atoms with van der Waals surface area (Å²) in [5.74, 6) is 0. The molecule has 1 spiro atoms. The van der Waals surface area contributed by atoms with E-state index in [0.29, 0.717) is 0 Å². The average molecular weight is 1100 g/mol. The lowest BCUT2D eigenvalue weighted by Crippen LogP contribution is -2.27. The van der Waals surface area contributed by atoms with Gasteiger partial charge in [-0.25, -0.2) is 0 Å². The van der Waals surface area contributed by atoms with Crippen molar-refractivity contribution in [1.82, 2.24) is 0 Å².